The smallest absolute Gasteiger partial charge is 0.124 e. The molecule has 0 spiro atoms. The summed E-state index contributed by atoms with van der Waals surface area (Å²) >= 11 is 0. The third kappa shape index (κ3) is 4.05. The van der Waals surface area contributed by atoms with Crippen molar-refractivity contribution < 1.29 is 9.13 Å². The zero-order valence-electron chi connectivity index (χ0n) is 12.8. The van der Waals surface area contributed by atoms with Gasteiger partial charge < -0.3 is 10.1 Å². The first-order chi connectivity index (χ1) is 10.1. The molecule has 0 bridgehead atoms. The van der Waals surface area contributed by atoms with E-state index in [2.05, 4.69) is 12.2 Å². The summed E-state index contributed by atoms with van der Waals surface area (Å²) in [6.45, 7) is 6.90. The highest BCUT2D eigenvalue weighted by molar-refractivity contribution is 5.41. The Kier molecular flexibility index (Phi) is 5.34. The number of halogens is 1. The minimum absolute atomic E-state index is 0.00875. The van der Waals surface area contributed by atoms with Gasteiger partial charge >= 0.3 is 0 Å². The van der Waals surface area contributed by atoms with Crippen molar-refractivity contribution in [2.24, 2.45) is 0 Å². The highest BCUT2D eigenvalue weighted by Gasteiger charge is 2.17. The monoisotopic (exact) mass is 287 g/mol. The van der Waals surface area contributed by atoms with Gasteiger partial charge in [-0.25, -0.2) is 4.39 Å². The Morgan fingerprint density at radius 2 is 1.71 bits per heavy atom. The van der Waals surface area contributed by atoms with Crippen molar-refractivity contribution in [1.82, 2.24) is 5.32 Å². The molecule has 2 aromatic rings. The van der Waals surface area contributed by atoms with E-state index in [1.165, 1.54) is 12.1 Å². The molecular weight excluding hydrogens is 265 g/mol. The molecule has 0 aliphatic carbocycles. The first-order valence-electron chi connectivity index (χ1n) is 7.36. The van der Waals surface area contributed by atoms with Crippen LogP contribution in [0.5, 0.6) is 5.75 Å². The molecule has 0 aliphatic heterocycles. The van der Waals surface area contributed by atoms with Crippen LogP contribution >= 0.6 is 0 Å². The molecule has 0 radical (unpaired) electrons. The molecule has 3 heteroatoms. The van der Waals surface area contributed by atoms with Crippen LogP contribution in [0.2, 0.25) is 0 Å². The standard InChI is InChI=1S/C18H22FNO/c1-4-20-18(14-9-11-15(19)12-10-14)16-7-5-6-8-17(16)21-13(2)3/h5-13,18,20H,4H2,1-3H3. The fraction of sp³-hybridized carbons (Fsp3) is 0.333. The first-order valence-corrected chi connectivity index (χ1v) is 7.36. The maximum absolute atomic E-state index is 13.1. The molecule has 1 atom stereocenters. The van der Waals surface area contributed by atoms with E-state index in [0.29, 0.717) is 0 Å². The quantitative estimate of drug-likeness (QED) is 0.854. The van der Waals surface area contributed by atoms with Gasteiger partial charge in [-0.15, -0.1) is 0 Å². The van der Waals surface area contributed by atoms with Crippen molar-refractivity contribution in [3.05, 3.63) is 65.5 Å². The normalized spacial score (nSPS) is 12.4. The second-order valence-electron chi connectivity index (χ2n) is 5.25. The van der Waals surface area contributed by atoms with E-state index in [4.69, 9.17) is 4.74 Å². The van der Waals surface area contributed by atoms with Crippen LogP contribution in [0, 0.1) is 5.82 Å². The number of nitrogens with one attached hydrogen (secondary N) is 1. The summed E-state index contributed by atoms with van der Waals surface area (Å²) in [6.07, 6.45) is 0.113. The summed E-state index contributed by atoms with van der Waals surface area (Å²) in [7, 11) is 0. The largest absolute Gasteiger partial charge is 0.491 e. The zero-order chi connectivity index (χ0) is 15.2. The van der Waals surface area contributed by atoms with E-state index in [9.17, 15) is 4.39 Å². The van der Waals surface area contributed by atoms with Gasteiger partial charge in [-0.3, -0.25) is 0 Å². The summed E-state index contributed by atoms with van der Waals surface area (Å²) in [5.74, 6) is 0.642. The Bertz CT molecular complexity index is 566. The SMILES string of the molecule is CCNC(c1ccc(F)cc1)c1ccccc1OC(C)C. The maximum Gasteiger partial charge on any atom is 0.124 e. The van der Waals surface area contributed by atoms with Gasteiger partial charge in [0.2, 0.25) is 0 Å². The average molecular weight is 287 g/mol. The Labute approximate surface area is 126 Å². The minimum atomic E-state index is -0.222. The highest BCUT2D eigenvalue weighted by Crippen LogP contribution is 2.30. The predicted octanol–water partition coefficient (Wildman–Crippen LogP) is 4.31. The number of hydrogen-bond acceptors (Lipinski definition) is 2. The summed E-state index contributed by atoms with van der Waals surface area (Å²) in [6, 6.07) is 14.6. The highest BCUT2D eigenvalue weighted by atomic mass is 19.1. The number of ether oxygens (including phenoxy) is 1. The van der Waals surface area contributed by atoms with Crippen LogP contribution in [0.3, 0.4) is 0 Å². The van der Waals surface area contributed by atoms with Gasteiger partial charge in [0.15, 0.2) is 0 Å². The van der Waals surface area contributed by atoms with E-state index in [1.54, 1.807) is 0 Å². The van der Waals surface area contributed by atoms with Crippen LogP contribution in [0.25, 0.3) is 0 Å². The molecular formula is C18H22FNO. The van der Waals surface area contributed by atoms with Crippen LogP contribution in [0.1, 0.15) is 37.9 Å². The molecule has 0 fully saturated rings. The molecule has 1 unspecified atom stereocenters. The molecule has 0 aliphatic rings. The van der Waals surface area contributed by atoms with Crippen LogP contribution < -0.4 is 10.1 Å². The molecule has 0 amide bonds. The molecule has 0 aromatic heterocycles. The van der Waals surface area contributed by atoms with Gasteiger partial charge in [0, 0.05) is 5.56 Å². The molecule has 0 heterocycles. The number of rotatable bonds is 6. The Morgan fingerprint density at radius 1 is 1.05 bits per heavy atom. The number of hydrogen-bond donors (Lipinski definition) is 1. The van der Waals surface area contributed by atoms with Gasteiger partial charge in [-0.1, -0.05) is 37.3 Å². The second-order valence-corrected chi connectivity index (χ2v) is 5.25. The van der Waals surface area contributed by atoms with Crippen LogP contribution in [-0.2, 0) is 0 Å². The molecule has 0 saturated carbocycles. The van der Waals surface area contributed by atoms with Gasteiger partial charge in [0.1, 0.15) is 11.6 Å². The third-order valence-corrected chi connectivity index (χ3v) is 3.20. The van der Waals surface area contributed by atoms with Crippen molar-refractivity contribution >= 4 is 0 Å². The van der Waals surface area contributed by atoms with Crippen molar-refractivity contribution in [2.45, 2.75) is 32.9 Å². The molecule has 21 heavy (non-hydrogen) atoms. The first kappa shape index (κ1) is 15.5. The van der Waals surface area contributed by atoms with Crippen LogP contribution in [0.4, 0.5) is 4.39 Å². The van der Waals surface area contributed by atoms with Gasteiger partial charge in [-0.2, -0.15) is 0 Å². The van der Waals surface area contributed by atoms with E-state index in [1.807, 2.05) is 50.2 Å². The maximum atomic E-state index is 13.1. The van der Waals surface area contributed by atoms with Gasteiger partial charge in [0.05, 0.1) is 12.1 Å². The molecule has 2 rings (SSSR count). The van der Waals surface area contributed by atoms with Crippen molar-refractivity contribution in [2.75, 3.05) is 6.54 Å². The third-order valence-electron chi connectivity index (χ3n) is 3.20. The zero-order valence-corrected chi connectivity index (χ0v) is 12.8. The van der Waals surface area contributed by atoms with E-state index in [-0.39, 0.29) is 18.0 Å². The lowest BCUT2D eigenvalue weighted by molar-refractivity contribution is 0.238. The molecule has 112 valence electrons. The molecule has 2 nitrogen and oxygen atoms in total. The van der Waals surface area contributed by atoms with Crippen molar-refractivity contribution in [3.63, 3.8) is 0 Å². The fourth-order valence-corrected chi connectivity index (χ4v) is 2.35. The van der Waals surface area contributed by atoms with Crippen molar-refractivity contribution in [3.8, 4) is 5.75 Å². The Balaban J connectivity index is 2.40. The number of benzene rings is 2. The van der Waals surface area contributed by atoms with Crippen LogP contribution in [0.15, 0.2) is 48.5 Å². The van der Waals surface area contributed by atoms with E-state index >= 15 is 0 Å². The lowest BCUT2D eigenvalue weighted by atomic mass is 9.97. The predicted molar refractivity (Wildman–Crippen MR) is 84.1 cm³/mol. The Morgan fingerprint density at radius 3 is 2.33 bits per heavy atom. The molecule has 1 N–H and O–H groups in total. The average Bonchev–Trinajstić information content (AvgIpc) is 2.46. The molecule has 2 aromatic carbocycles. The van der Waals surface area contributed by atoms with E-state index < -0.39 is 0 Å². The van der Waals surface area contributed by atoms with E-state index in [0.717, 1.165) is 23.4 Å². The summed E-state index contributed by atoms with van der Waals surface area (Å²) in [5, 5.41) is 3.45. The lowest BCUT2D eigenvalue weighted by Crippen LogP contribution is -2.23. The summed E-state index contributed by atoms with van der Waals surface area (Å²) in [5.41, 5.74) is 2.10. The summed E-state index contributed by atoms with van der Waals surface area (Å²) in [4.78, 5) is 0. The lowest BCUT2D eigenvalue weighted by Gasteiger charge is -2.23. The second kappa shape index (κ2) is 7.23. The molecule has 0 saturated heterocycles. The number of para-hydroxylation sites is 1. The van der Waals surface area contributed by atoms with Crippen LogP contribution in [-0.4, -0.2) is 12.6 Å². The van der Waals surface area contributed by atoms with Gasteiger partial charge in [0.25, 0.3) is 0 Å². The summed E-state index contributed by atoms with van der Waals surface area (Å²) < 4.78 is 19.0. The Hall–Kier alpha value is -1.87. The van der Waals surface area contributed by atoms with Gasteiger partial charge in [-0.05, 0) is 44.2 Å². The minimum Gasteiger partial charge on any atom is -0.491 e. The van der Waals surface area contributed by atoms with Crippen molar-refractivity contribution in [1.29, 1.82) is 0 Å². The topological polar surface area (TPSA) is 21.3 Å². The fourth-order valence-electron chi connectivity index (χ4n) is 2.35.